The molecule has 1 heteroatoms. The Labute approximate surface area is 89.5 Å². The lowest BCUT2D eigenvalue weighted by atomic mass is 10.1. The second kappa shape index (κ2) is 3.74. The minimum Gasteiger partial charge on any atom is -0.0980 e. The Morgan fingerprint density at radius 1 is 1.46 bits per heavy atom. The van der Waals surface area contributed by atoms with E-state index in [1.807, 2.05) is 6.08 Å². The summed E-state index contributed by atoms with van der Waals surface area (Å²) in [5.74, 6) is 0. The van der Waals surface area contributed by atoms with Crippen LogP contribution in [-0.4, -0.2) is 4.01 Å². The summed E-state index contributed by atoms with van der Waals surface area (Å²) in [6.45, 7) is 5.98. The summed E-state index contributed by atoms with van der Waals surface area (Å²) in [5.41, 5.74) is 4.58. The topological polar surface area (TPSA) is 0 Å². The van der Waals surface area contributed by atoms with Gasteiger partial charge in [0.2, 0.25) is 0 Å². The van der Waals surface area contributed by atoms with Crippen LogP contribution >= 0.6 is 20.7 Å². The second-order valence-electron chi connectivity index (χ2n) is 3.21. The quantitative estimate of drug-likeness (QED) is 0.641. The van der Waals surface area contributed by atoms with Gasteiger partial charge in [-0.25, -0.2) is 0 Å². The molecule has 0 atom stereocenters. The van der Waals surface area contributed by atoms with E-state index < -0.39 is 0 Å². The van der Waals surface area contributed by atoms with Gasteiger partial charge in [-0.1, -0.05) is 45.0 Å². The monoisotopic (exact) mass is 284 g/mol. The first kappa shape index (κ1) is 9.13. The molecule has 1 saturated carbocycles. The Morgan fingerprint density at radius 3 is 2.77 bits per heavy atom. The van der Waals surface area contributed by atoms with Crippen molar-refractivity contribution < 1.29 is 0 Å². The summed E-state index contributed by atoms with van der Waals surface area (Å²) in [5, 5.41) is 0. The summed E-state index contributed by atoms with van der Waals surface area (Å²) >= 11 is 0.0928. The van der Waals surface area contributed by atoms with E-state index in [1.165, 1.54) is 27.6 Å². The molecule has 0 N–H and O–H groups in total. The van der Waals surface area contributed by atoms with E-state index in [9.17, 15) is 0 Å². The molecular formula is C12H13I. The Bertz CT molecular complexity index is 359. The highest BCUT2D eigenvalue weighted by Gasteiger charge is 2.19. The largest absolute Gasteiger partial charge is 0.0980 e. The molecule has 68 valence electrons. The normalized spacial score (nSPS) is 24.1. The molecule has 0 spiro atoms. The highest BCUT2D eigenvalue weighted by atomic mass is 127. The molecule has 1 heterocycles. The van der Waals surface area contributed by atoms with Crippen molar-refractivity contribution >= 4 is 24.7 Å². The smallest absolute Gasteiger partial charge is 0.00774 e. The van der Waals surface area contributed by atoms with E-state index in [0.29, 0.717) is 0 Å². The van der Waals surface area contributed by atoms with E-state index in [2.05, 4.69) is 29.7 Å². The van der Waals surface area contributed by atoms with Gasteiger partial charge in [0.15, 0.2) is 0 Å². The molecule has 0 aromatic carbocycles. The molecule has 0 saturated heterocycles. The fourth-order valence-electron chi connectivity index (χ4n) is 1.39. The number of hydrogen-bond acceptors (Lipinski definition) is 0. The van der Waals surface area contributed by atoms with Crippen LogP contribution in [0.1, 0.15) is 19.8 Å². The molecule has 0 amide bonds. The summed E-state index contributed by atoms with van der Waals surface area (Å²) < 4.78 is 3.87. The maximum atomic E-state index is 3.85. The van der Waals surface area contributed by atoms with Gasteiger partial charge < -0.3 is 0 Å². The van der Waals surface area contributed by atoms with E-state index in [4.69, 9.17) is 0 Å². The average Bonchev–Trinajstić information content (AvgIpc) is 3.00. The van der Waals surface area contributed by atoms with Crippen LogP contribution < -0.4 is 0 Å². The maximum Gasteiger partial charge on any atom is 0.00774 e. The Morgan fingerprint density at radius 2 is 2.23 bits per heavy atom. The highest BCUT2D eigenvalue weighted by Crippen LogP contribution is 2.39. The number of rotatable bonds is 1. The zero-order chi connectivity index (χ0) is 9.26. The molecule has 1 aliphatic carbocycles. The standard InChI is InChI=1S/C12H13I/c1-3-9-8-13-11(4-2)7-12(9)10-5-6-10/h3-4,7-8H,2,5-6H2,1H3/b9-3-. The lowest BCUT2D eigenvalue weighted by Crippen LogP contribution is -1.91. The van der Waals surface area contributed by atoms with Crippen molar-refractivity contribution in [3.8, 4) is 0 Å². The number of allylic oxidation sites excluding steroid dienone is 7. The summed E-state index contributed by atoms with van der Waals surface area (Å²) in [6.07, 6.45) is 9.20. The van der Waals surface area contributed by atoms with E-state index in [-0.39, 0.29) is 20.7 Å². The van der Waals surface area contributed by atoms with Gasteiger partial charge in [0, 0.05) is 3.58 Å². The molecule has 0 aromatic rings. The maximum absolute atomic E-state index is 3.85. The molecule has 1 aliphatic heterocycles. The van der Waals surface area contributed by atoms with Gasteiger partial charge in [-0.3, -0.25) is 0 Å². The van der Waals surface area contributed by atoms with Crippen LogP contribution in [0.25, 0.3) is 0 Å². The van der Waals surface area contributed by atoms with Crippen LogP contribution in [0.3, 0.4) is 0 Å². The van der Waals surface area contributed by atoms with Crippen molar-refractivity contribution in [2.24, 2.45) is 0 Å². The lowest BCUT2D eigenvalue weighted by molar-refractivity contribution is 1.50. The predicted molar refractivity (Wildman–Crippen MR) is 68.4 cm³/mol. The molecule has 0 bridgehead atoms. The molecule has 0 unspecified atom stereocenters. The first-order valence-corrected chi connectivity index (χ1v) is 6.87. The van der Waals surface area contributed by atoms with Gasteiger partial charge in [-0.2, -0.15) is 0 Å². The Kier molecular flexibility index (Phi) is 2.63. The highest BCUT2D eigenvalue weighted by molar-refractivity contribution is 14.2. The Balaban J connectivity index is 2.43. The van der Waals surface area contributed by atoms with Crippen molar-refractivity contribution in [2.75, 3.05) is 0 Å². The molecule has 0 radical (unpaired) electrons. The van der Waals surface area contributed by atoms with Gasteiger partial charge >= 0.3 is 0 Å². The third kappa shape index (κ3) is 1.90. The minimum absolute atomic E-state index is 0.0928. The van der Waals surface area contributed by atoms with Crippen LogP contribution in [0, 0.1) is 0 Å². The fourth-order valence-corrected chi connectivity index (χ4v) is 3.53. The zero-order valence-corrected chi connectivity index (χ0v) is 9.97. The third-order valence-corrected chi connectivity index (χ3v) is 4.73. The lowest BCUT2D eigenvalue weighted by Gasteiger charge is -2.09. The van der Waals surface area contributed by atoms with Crippen molar-refractivity contribution in [2.45, 2.75) is 19.8 Å². The molecular weight excluding hydrogens is 271 g/mol. The van der Waals surface area contributed by atoms with E-state index in [1.54, 1.807) is 5.57 Å². The van der Waals surface area contributed by atoms with Crippen LogP contribution in [-0.2, 0) is 0 Å². The molecule has 2 rings (SSSR count). The SMILES string of the molecule is C=CC1=CC(=C2CC2)/C(=C\C)C=I1. The van der Waals surface area contributed by atoms with E-state index in [0.717, 1.165) is 0 Å². The van der Waals surface area contributed by atoms with Crippen LogP contribution in [0.15, 0.2) is 45.1 Å². The van der Waals surface area contributed by atoms with Crippen LogP contribution in [0.2, 0.25) is 0 Å². The third-order valence-electron chi connectivity index (χ3n) is 2.28. The molecule has 2 aliphatic rings. The minimum atomic E-state index is 0.0928. The first-order valence-electron chi connectivity index (χ1n) is 4.54. The molecule has 0 aromatic heterocycles. The van der Waals surface area contributed by atoms with Crippen molar-refractivity contribution in [3.05, 3.63) is 45.1 Å². The van der Waals surface area contributed by atoms with Crippen molar-refractivity contribution in [3.63, 3.8) is 0 Å². The van der Waals surface area contributed by atoms with E-state index >= 15 is 0 Å². The average molecular weight is 284 g/mol. The predicted octanol–water partition coefficient (Wildman–Crippen LogP) is 3.88. The van der Waals surface area contributed by atoms with Gasteiger partial charge in [0.05, 0.1) is 0 Å². The van der Waals surface area contributed by atoms with Crippen molar-refractivity contribution in [1.82, 2.24) is 0 Å². The summed E-state index contributed by atoms with van der Waals surface area (Å²) in [4.78, 5) is 0. The number of hydrogen-bond donors (Lipinski definition) is 0. The second-order valence-corrected chi connectivity index (χ2v) is 5.70. The van der Waals surface area contributed by atoms with Gasteiger partial charge in [0.1, 0.15) is 0 Å². The summed E-state index contributed by atoms with van der Waals surface area (Å²) in [6, 6.07) is 0. The molecule has 1 fully saturated rings. The summed E-state index contributed by atoms with van der Waals surface area (Å²) in [7, 11) is 0. The fraction of sp³-hybridized carbons (Fsp3) is 0.250. The number of halogens is 1. The zero-order valence-electron chi connectivity index (χ0n) is 7.81. The van der Waals surface area contributed by atoms with Crippen LogP contribution in [0.4, 0.5) is 0 Å². The molecule has 0 nitrogen and oxygen atoms in total. The van der Waals surface area contributed by atoms with Gasteiger partial charge in [-0.05, 0) is 41.0 Å². The van der Waals surface area contributed by atoms with Gasteiger partial charge in [0.25, 0.3) is 0 Å². The molecule has 13 heavy (non-hydrogen) atoms. The first-order chi connectivity index (χ1) is 6.35. The Hall–Kier alpha value is -0.440. The van der Waals surface area contributed by atoms with Gasteiger partial charge in [-0.15, -0.1) is 0 Å². The van der Waals surface area contributed by atoms with Crippen molar-refractivity contribution in [1.29, 1.82) is 0 Å². The van der Waals surface area contributed by atoms with Crippen LogP contribution in [0.5, 0.6) is 0 Å².